The van der Waals surface area contributed by atoms with E-state index in [2.05, 4.69) is 0 Å². The Morgan fingerprint density at radius 1 is 0.711 bits per heavy atom. The molecule has 0 spiro atoms. The van der Waals surface area contributed by atoms with Gasteiger partial charge in [-0.3, -0.25) is 14.4 Å². The number of ether oxygens (including phenoxy) is 4. The molecule has 0 aliphatic rings. The van der Waals surface area contributed by atoms with E-state index in [4.69, 9.17) is 18.9 Å². The Labute approximate surface area is 223 Å². The molecular formula is C29H36O9. The standard InChI is InChI=1S/C29H36O9/c1-4-7-14-25(31)36-23-17-21(29(34)35-19-20-12-10-11-13-22(20)30)18-24(37-26(32)15-8-5-2)28(23)38-27(33)16-9-6-3/h10-13,17-18,30H,4-9,14-16,19H2,1-3H3. The molecule has 2 aromatic rings. The summed E-state index contributed by atoms with van der Waals surface area (Å²) in [7, 11) is 0. The molecule has 2 aromatic carbocycles. The van der Waals surface area contributed by atoms with Crippen LogP contribution in [-0.2, 0) is 25.7 Å². The first kappa shape index (κ1) is 30.3. The maximum Gasteiger partial charge on any atom is 0.338 e. The molecule has 0 aromatic heterocycles. The Morgan fingerprint density at radius 2 is 1.18 bits per heavy atom. The third kappa shape index (κ3) is 9.88. The average molecular weight is 529 g/mol. The molecule has 0 heterocycles. The van der Waals surface area contributed by atoms with Gasteiger partial charge in [0.15, 0.2) is 11.5 Å². The number of para-hydroxylation sites is 1. The highest BCUT2D eigenvalue weighted by Crippen LogP contribution is 2.40. The zero-order valence-corrected chi connectivity index (χ0v) is 22.2. The van der Waals surface area contributed by atoms with Gasteiger partial charge in [-0.15, -0.1) is 0 Å². The second-order valence-electron chi connectivity index (χ2n) is 8.74. The summed E-state index contributed by atoms with van der Waals surface area (Å²) in [4.78, 5) is 50.4. The molecule has 0 saturated carbocycles. The quantitative estimate of drug-likeness (QED) is 0.218. The van der Waals surface area contributed by atoms with Gasteiger partial charge in [0.05, 0.1) is 5.56 Å². The van der Waals surface area contributed by atoms with Crippen molar-refractivity contribution in [2.75, 3.05) is 0 Å². The number of aromatic hydroxyl groups is 1. The van der Waals surface area contributed by atoms with Crippen LogP contribution in [0.5, 0.6) is 23.0 Å². The van der Waals surface area contributed by atoms with Crippen LogP contribution in [0.1, 0.15) is 94.5 Å². The van der Waals surface area contributed by atoms with E-state index in [1.165, 1.54) is 18.2 Å². The van der Waals surface area contributed by atoms with Crippen LogP contribution < -0.4 is 14.2 Å². The van der Waals surface area contributed by atoms with Gasteiger partial charge in [0.2, 0.25) is 5.75 Å². The fraction of sp³-hybridized carbons (Fsp3) is 0.448. The number of benzene rings is 2. The van der Waals surface area contributed by atoms with E-state index in [9.17, 15) is 24.3 Å². The predicted molar refractivity (Wildman–Crippen MR) is 139 cm³/mol. The van der Waals surface area contributed by atoms with Gasteiger partial charge in [-0.2, -0.15) is 0 Å². The van der Waals surface area contributed by atoms with Crippen molar-refractivity contribution in [3.05, 3.63) is 47.5 Å². The molecule has 38 heavy (non-hydrogen) atoms. The second-order valence-corrected chi connectivity index (χ2v) is 8.74. The van der Waals surface area contributed by atoms with Crippen molar-refractivity contribution in [3.8, 4) is 23.0 Å². The molecule has 9 heteroatoms. The zero-order valence-electron chi connectivity index (χ0n) is 22.2. The normalized spacial score (nSPS) is 10.5. The Morgan fingerprint density at radius 3 is 1.66 bits per heavy atom. The molecule has 206 valence electrons. The van der Waals surface area contributed by atoms with E-state index in [0.29, 0.717) is 24.8 Å². The minimum atomic E-state index is -0.825. The largest absolute Gasteiger partial charge is 0.508 e. The second kappa shape index (κ2) is 16.1. The number of unbranched alkanes of at least 4 members (excludes halogenated alkanes) is 3. The molecule has 0 aliphatic heterocycles. The summed E-state index contributed by atoms with van der Waals surface area (Å²) >= 11 is 0. The summed E-state index contributed by atoms with van der Waals surface area (Å²) < 4.78 is 21.8. The van der Waals surface area contributed by atoms with Crippen molar-refractivity contribution in [3.63, 3.8) is 0 Å². The SMILES string of the molecule is CCCCC(=O)Oc1cc(C(=O)OCc2ccccc2O)cc(OC(=O)CCCC)c1OC(=O)CCCC. The minimum absolute atomic E-state index is 0.0364. The molecule has 0 atom stereocenters. The molecule has 0 saturated heterocycles. The van der Waals surface area contributed by atoms with Gasteiger partial charge >= 0.3 is 23.9 Å². The van der Waals surface area contributed by atoms with Crippen molar-refractivity contribution in [2.24, 2.45) is 0 Å². The molecule has 0 aliphatic carbocycles. The van der Waals surface area contributed by atoms with E-state index in [1.54, 1.807) is 18.2 Å². The molecule has 2 rings (SSSR count). The Kier molecular flexibility index (Phi) is 12.8. The highest BCUT2D eigenvalue weighted by Gasteiger charge is 2.25. The number of hydrogen-bond acceptors (Lipinski definition) is 9. The monoisotopic (exact) mass is 528 g/mol. The van der Waals surface area contributed by atoms with Crippen LogP contribution in [0.2, 0.25) is 0 Å². The lowest BCUT2D eigenvalue weighted by Gasteiger charge is -2.16. The first-order valence-electron chi connectivity index (χ1n) is 13.0. The summed E-state index contributed by atoms with van der Waals surface area (Å²) in [6, 6.07) is 8.81. The van der Waals surface area contributed by atoms with E-state index >= 15 is 0 Å². The molecule has 0 radical (unpaired) electrons. The van der Waals surface area contributed by atoms with Crippen LogP contribution in [0.15, 0.2) is 36.4 Å². The van der Waals surface area contributed by atoms with Crippen molar-refractivity contribution >= 4 is 23.9 Å². The van der Waals surface area contributed by atoms with Crippen LogP contribution in [0, 0.1) is 0 Å². The maximum atomic E-state index is 12.9. The van der Waals surface area contributed by atoms with Crippen molar-refractivity contribution < 1.29 is 43.2 Å². The number of rotatable bonds is 15. The summed E-state index contributed by atoms with van der Waals surface area (Å²) in [5, 5.41) is 9.95. The number of phenolic OH excluding ortho intramolecular Hbond substituents is 1. The van der Waals surface area contributed by atoms with E-state index in [-0.39, 0.29) is 54.4 Å². The van der Waals surface area contributed by atoms with Gasteiger partial charge in [0.25, 0.3) is 0 Å². The van der Waals surface area contributed by atoms with Crippen LogP contribution in [0.4, 0.5) is 0 Å². The summed E-state index contributed by atoms with van der Waals surface area (Å²) in [6.45, 7) is 5.54. The Bertz CT molecular complexity index is 1060. The van der Waals surface area contributed by atoms with E-state index < -0.39 is 23.9 Å². The third-order valence-electron chi connectivity index (χ3n) is 5.47. The summed E-state index contributed by atoms with van der Waals surface area (Å²) in [5.74, 6) is -3.37. The van der Waals surface area contributed by atoms with E-state index in [0.717, 1.165) is 19.3 Å². The molecule has 0 bridgehead atoms. The van der Waals surface area contributed by atoms with Crippen LogP contribution in [-0.4, -0.2) is 29.0 Å². The minimum Gasteiger partial charge on any atom is -0.508 e. The van der Waals surface area contributed by atoms with Crippen LogP contribution in [0.3, 0.4) is 0 Å². The van der Waals surface area contributed by atoms with Gasteiger partial charge in [0, 0.05) is 24.8 Å². The van der Waals surface area contributed by atoms with Gasteiger partial charge in [-0.1, -0.05) is 58.2 Å². The smallest absolute Gasteiger partial charge is 0.338 e. The highest BCUT2D eigenvalue weighted by molar-refractivity contribution is 5.92. The lowest BCUT2D eigenvalue weighted by molar-refractivity contribution is -0.138. The van der Waals surface area contributed by atoms with Crippen molar-refractivity contribution in [1.29, 1.82) is 0 Å². The van der Waals surface area contributed by atoms with Crippen LogP contribution in [0.25, 0.3) is 0 Å². The van der Waals surface area contributed by atoms with Gasteiger partial charge < -0.3 is 24.1 Å². The molecule has 0 fully saturated rings. The molecule has 0 amide bonds. The first-order valence-corrected chi connectivity index (χ1v) is 13.0. The van der Waals surface area contributed by atoms with Crippen molar-refractivity contribution in [2.45, 2.75) is 85.2 Å². The number of phenols is 1. The molecular weight excluding hydrogens is 492 g/mol. The zero-order chi connectivity index (χ0) is 27.9. The predicted octanol–water partition coefficient (Wildman–Crippen LogP) is 6.04. The number of esters is 4. The van der Waals surface area contributed by atoms with Gasteiger partial charge in [-0.05, 0) is 37.5 Å². The fourth-order valence-electron chi connectivity index (χ4n) is 3.28. The highest BCUT2D eigenvalue weighted by atomic mass is 16.6. The Hall–Kier alpha value is -3.88. The number of carbonyl (C=O) groups is 4. The average Bonchev–Trinajstić information content (AvgIpc) is 2.90. The van der Waals surface area contributed by atoms with Crippen molar-refractivity contribution in [1.82, 2.24) is 0 Å². The van der Waals surface area contributed by atoms with Crippen LogP contribution >= 0.6 is 0 Å². The van der Waals surface area contributed by atoms with Gasteiger partial charge in [0.1, 0.15) is 12.4 Å². The topological polar surface area (TPSA) is 125 Å². The molecule has 1 N–H and O–H groups in total. The Balaban J connectivity index is 2.46. The third-order valence-corrected chi connectivity index (χ3v) is 5.47. The molecule has 9 nitrogen and oxygen atoms in total. The number of hydrogen-bond donors (Lipinski definition) is 1. The summed E-state index contributed by atoms with van der Waals surface area (Å²) in [6.07, 6.45) is 4.31. The lowest BCUT2D eigenvalue weighted by atomic mass is 10.1. The first-order chi connectivity index (χ1) is 18.3. The number of carbonyl (C=O) groups excluding carboxylic acids is 4. The summed E-state index contributed by atoms with van der Waals surface area (Å²) in [5.41, 5.74) is 0.296. The van der Waals surface area contributed by atoms with Gasteiger partial charge in [-0.25, -0.2) is 4.79 Å². The molecule has 0 unspecified atom stereocenters. The fourth-order valence-corrected chi connectivity index (χ4v) is 3.28. The van der Waals surface area contributed by atoms with E-state index in [1.807, 2.05) is 20.8 Å². The lowest BCUT2D eigenvalue weighted by Crippen LogP contribution is -2.16. The maximum absolute atomic E-state index is 12.9.